The molecule has 0 radical (unpaired) electrons. The van der Waals surface area contributed by atoms with Crippen LogP contribution in [0.5, 0.6) is 0 Å². The predicted molar refractivity (Wildman–Crippen MR) is 76.6 cm³/mol. The maximum absolute atomic E-state index is 12.2. The minimum Gasteiger partial charge on any atom is -0.480 e. The monoisotopic (exact) mass is 306 g/mol. The smallest absolute Gasteiger partial charge is 0.328 e. The quantitative estimate of drug-likeness (QED) is 0.818. The molecule has 118 valence electrons. The highest BCUT2D eigenvalue weighted by Crippen LogP contribution is 2.13. The van der Waals surface area contributed by atoms with Crippen molar-refractivity contribution in [2.75, 3.05) is 6.61 Å². The number of hydroxylamine groups is 2. The fourth-order valence-electron chi connectivity index (χ4n) is 2.17. The Hall–Kier alpha value is -2.41. The summed E-state index contributed by atoms with van der Waals surface area (Å²) >= 11 is 0. The van der Waals surface area contributed by atoms with Crippen LogP contribution in [-0.4, -0.2) is 46.6 Å². The van der Waals surface area contributed by atoms with E-state index in [9.17, 15) is 14.4 Å². The average molecular weight is 306 g/mol. The van der Waals surface area contributed by atoms with E-state index >= 15 is 0 Å². The summed E-state index contributed by atoms with van der Waals surface area (Å²) in [5.41, 5.74) is 0.843. The van der Waals surface area contributed by atoms with Crippen LogP contribution >= 0.6 is 0 Å². The topological polar surface area (TPSA) is 95.9 Å². The molecule has 1 heterocycles. The molecule has 1 aliphatic heterocycles. The van der Waals surface area contributed by atoms with Crippen LogP contribution in [0.2, 0.25) is 0 Å². The number of benzene rings is 1. The first-order valence-corrected chi connectivity index (χ1v) is 7.01. The number of hydrogen-bond acceptors (Lipinski definition) is 4. The molecule has 1 aromatic rings. The lowest BCUT2D eigenvalue weighted by atomic mass is 10.1. The van der Waals surface area contributed by atoms with E-state index in [0.29, 0.717) is 6.42 Å². The highest BCUT2D eigenvalue weighted by molar-refractivity contribution is 5.90. The molecule has 1 fully saturated rings. The predicted octanol–water partition coefficient (Wildman–Crippen LogP) is 0.351. The molecule has 2 amide bonds. The third kappa shape index (κ3) is 3.82. The number of carbonyl (C=O) groups is 3. The van der Waals surface area contributed by atoms with Crippen LogP contribution < -0.4 is 5.32 Å². The van der Waals surface area contributed by atoms with Crippen LogP contribution in [0, 0.1) is 0 Å². The van der Waals surface area contributed by atoms with Gasteiger partial charge in [-0.1, -0.05) is 30.3 Å². The molecule has 0 bridgehead atoms. The lowest BCUT2D eigenvalue weighted by Crippen LogP contribution is -2.56. The summed E-state index contributed by atoms with van der Waals surface area (Å²) in [6.45, 7) is 1.54. The number of rotatable bonds is 5. The first kappa shape index (κ1) is 16.0. The summed E-state index contributed by atoms with van der Waals surface area (Å²) in [4.78, 5) is 40.2. The molecule has 2 rings (SSSR count). The molecule has 2 unspecified atom stereocenters. The van der Waals surface area contributed by atoms with E-state index in [1.54, 1.807) is 0 Å². The van der Waals surface area contributed by atoms with E-state index < -0.39 is 24.0 Å². The van der Waals surface area contributed by atoms with Gasteiger partial charge in [0.25, 0.3) is 5.91 Å². The molecule has 22 heavy (non-hydrogen) atoms. The molecule has 2 atom stereocenters. The third-order valence-electron chi connectivity index (χ3n) is 3.40. The Morgan fingerprint density at radius 3 is 2.73 bits per heavy atom. The van der Waals surface area contributed by atoms with Gasteiger partial charge >= 0.3 is 5.97 Å². The standard InChI is InChI=1S/C15H18N2O5/c1-10(15(20)21)17-14(19)12(7-8-22-17)16-13(18)9-11-5-3-2-4-6-11/h2-6,10,12H,7-9H2,1H3,(H,16,18)(H,20,21). The molecule has 7 nitrogen and oxygen atoms in total. The molecule has 1 aromatic carbocycles. The van der Waals surface area contributed by atoms with Gasteiger partial charge in [0.1, 0.15) is 6.04 Å². The lowest BCUT2D eigenvalue weighted by molar-refractivity contribution is -0.218. The molecule has 0 aromatic heterocycles. The van der Waals surface area contributed by atoms with Crippen molar-refractivity contribution in [3.8, 4) is 0 Å². The minimum absolute atomic E-state index is 0.167. The molecule has 0 spiro atoms. The number of aliphatic carboxylic acids is 1. The van der Waals surface area contributed by atoms with Crippen molar-refractivity contribution in [2.45, 2.75) is 31.8 Å². The van der Waals surface area contributed by atoms with E-state index in [-0.39, 0.29) is 18.9 Å². The van der Waals surface area contributed by atoms with E-state index in [1.165, 1.54) is 6.92 Å². The van der Waals surface area contributed by atoms with Gasteiger partial charge in [0.15, 0.2) is 6.04 Å². The molecule has 2 N–H and O–H groups in total. The summed E-state index contributed by atoms with van der Waals surface area (Å²) in [7, 11) is 0. The van der Waals surface area contributed by atoms with Crippen molar-refractivity contribution in [2.24, 2.45) is 0 Å². The normalized spacial score (nSPS) is 19.6. The van der Waals surface area contributed by atoms with Crippen LogP contribution in [0.1, 0.15) is 18.9 Å². The Morgan fingerprint density at radius 2 is 2.09 bits per heavy atom. The van der Waals surface area contributed by atoms with Crippen molar-refractivity contribution in [1.29, 1.82) is 0 Å². The average Bonchev–Trinajstić information content (AvgIpc) is 2.49. The third-order valence-corrected chi connectivity index (χ3v) is 3.40. The van der Waals surface area contributed by atoms with Gasteiger partial charge < -0.3 is 10.4 Å². The Morgan fingerprint density at radius 1 is 1.41 bits per heavy atom. The second kappa shape index (κ2) is 7.04. The zero-order valence-corrected chi connectivity index (χ0v) is 12.2. The minimum atomic E-state index is -1.16. The molecular weight excluding hydrogens is 288 g/mol. The van der Waals surface area contributed by atoms with Crippen molar-refractivity contribution >= 4 is 17.8 Å². The van der Waals surface area contributed by atoms with Gasteiger partial charge in [-0.05, 0) is 12.5 Å². The highest BCUT2D eigenvalue weighted by atomic mass is 16.7. The van der Waals surface area contributed by atoms with E-state index in [2.05, 4.69) is 5.32 Å². The zero-order chi connectivity index (χ0) is 16.1. The molecular formula is C15H18N2O5. The summed E-state index contributed by atoms with van der Waals surface area (Å²) in [6, 6.07) is 7.31. The van der Waals surface area contributed by atoms with Gasteiger partial charge in [-0.25, -0.2) is 9.86 Å². The maximum atomic E-state index is 12.2. The van der Waals surface area contributed by atoms with Crippen molar-refractivity contribution in [3.05, 3.63) is 35.9 Å². The number of nitrogens with one attached hydrogen (secondary N) is 1. The van der Waals surface area contributed by atoms with Crippen LogP contribution in [0.15, 0.2) is 30.3 Å². The summed E-state index contributed by atoms with van der Waals surface area (Å²) in [6.07, 6.45) is 0.488. The Labute approximate surface area is 127 Å². The second-order valence-electron chi connectivity index (χ2n) is 5.08. The zero-order valence-electron chi connectivity index (χ0n) is 12.2. The number of nitrogens with zero attached hydrogens (tertiary/aromatic N) is 1. The van der Waals surface area contributed by atoms with Crippen LogP contribution in [0.3, 0.4) is 0 Å². The van der Waals surface area contributed by atoms with Crippen LogP contribution in [0.4, 0.5) is 0 Å². The molecule has 1 saturated heterocycles. The Kier molecular flexibility index (Phi) is 5.11. The summed E-state index contributed by atoms with van der Waals surface area (Å²) in [5.74, 6) is -1.98. The molecule has 0 aliphatic carbocycles. The van der Waals surface area contributed by atoms with E-state index in [1.807, 2.05) is 30.3 Å². The van der Waals surface area contributed by atoms with Gasteiger partial charge in [-0.3, -0.25) is 14.4 Å². The second-order valence-corrected chi connectivity index (χ2v) is 5.08. The summed E-state index contributed by atoms with van der Waals surface area (Å²) < 4.78 is 0. The van der Waals surface area contributed by atoms with E-state index in [0.717, 1.165) is 10.6 Å². The van der Waals surface area contributed by atoms with Gasteiger partial charge in [0.05, 0.1) is 13.0 Å². The Balaban J connectivity index is 1.95. The molecule has 0 saturated carbocycles. The number of amides is 2. The SMILES string of the molecule is CC(C(=O)O)N1OCCC(NC(=O)Cc2ccccc2)C1=O. The van der Waals surface area contributed by atoms with Gasteiger partial charge in [-0.2, -0.15) is 0 Å². The van der Waals surface area contributed by atoms with Crippen molar-refractivity contribution < 1.29 is 24.3 Å². The fourth-order valence-corrected chi connectivity index (χ4v) is 2.17. The largest absolute Gasteiger partial charge is 0.480 e. The molecule has 1 aliphatic rings. The van der Waals surface area contributed by atoms with Gasteiger partial charge in [0, 0.05) is 6.42 Å². The van der Waals surface area contributed by atoms with Crippen molar-refractivity contribution in [3.63, 3.8) is 0 Å². The van der Waals surface area contributed by atoms with Gasteiger partial charge in [-0.15, -0.1) is 0 Å². The highest BCUT2D eigenvalue weighted by Gasteiger charge is 2.36. The number of carboxylic acids is 1. The first-order chi connectivity index (χ1) is 10.5. The van der Waals surface area contributed by atoms with Crippen LogP contribution in [-0.2, 0) is 25.6 Å². The Bertz CT molecular complexity index is 560. The van der Waals surface area contributed by atoms with Gasteiger partial charge in [0.2, 0.25) is 5.91 Å². The maximum Gasteiger partial charge on any atom is 0.328 e. The first-order valence-electron chi connectivity index (χ1n) is 7.01. The van der Waals surface area contributed by atoms with Crippen molar-refractivity contribution in [1.82, 2.24) is 10.4 Å². The fraction of sp³-hybridized carbons (Fsp3) is 0.400. The molecule has 7 heteroatoms. The van der Waals surface area contributed by atoms with Crippen LogP contribution in [0.25, 0.3) is 0 Å². The lowest BCUT2D eigenvalue weighted by Gasteiger charge is -2.33. The number of hydrogen-bond donors (Lipinski definition) is 2. The van der Waals surface area contributed by atoms with E-state index in [4.69, 9.17) is 9.94 Å². The number of carbonyl (C=O) groups excluding carboxylic acids is 2. The summed E-state index contributed by atoms with van der Waals surface area (Å²) in [5, 5.41) is 12.4. The number of carboxylic acid groups (broad SMARTS) is 1.